The number of nitrogens with zero attached hydrogens (tertiary/aromatic N) is 1. The van der Waals surface area contributed by atoms with Crippen molar-refractivity contribution in [1.29, 1.82) is 0 Å². The van der Waals surface area contributed by atoms with Gasteiger partial charge >= 0.3 is 0 Å². The number of methoxy groups -OCH3 is 1. The summed E-state index contributed by atoms with van der Waals surface area (Å²) in [5, 5.41) is 4.90. The van der Waals surface area contributed by atoms with Crippen LogP contribution in [0.4, 0.5) is 5.69 Å². The minimum Gasteiger partial charge on any atom is -0.497 e. The Labute approximate surface area is 153 Å². The fraction of sp³-hybridized carbons (Fsp3) is 0.318. The lowest BCUT2D eigenvalue weighted by Gasteiger charge is -2.48. The highest BCUT2D eigenvalue weighted by atomic mass is 16.5. The second kappa shape index (κ2) is 5.37. The van der Waals surface area contributed by atoms with E-state index in [2.05, 4.69) is 49.5 Å². The number of hydrogen-bond donors (Lipinski definition) is 1. The highest BCUT2D eigenvalue weighted by molar-refractivity contribution is 5.80. The number of ether oxygens (including phenoxy) is 2. The van der Waals surface area contributed by atoms with Crippen molar-refractivity contribution < 1.29 is 9.47 Å². The molecule has 2 aliphatic rings. The van der Waals surface area contributed by atoms with Crippen LogP contribution >= 0.6 is 0 Å². The van der Waals surface area contributed by atoms with Crippen molar-refractivity contribution in [3.05, 3.63) is 59.7 Å². The smallest absolute Gasteiger partial charge is 0.219 e. The zero-order chi connectivity index (χ0) is 17.9. The molecule has 0 fully saturated rings. The Bertz CT molecular complexity index is 1010. The lowest BCUT2D eigenvalue weighted by molar-refractivity contribution is 0.131. The molecule has 2 aromatic carbocycles. The van der Waals surface area contributed by atoms with Crippen molar-refractivity contribution in [2.45, 2.75) is 25.3 Å². The molecule has 132 valence electrons. The molecule has 0 aliphatic carbocycles. The molecule has 26 heavy (non-hydrogen) atoms. The maximum atomic E-state index is 6.13. The molecule has 5 rings (SSSR count). The van der Waals surface area contributed by atoms with Gasteiger partial charge in [-0.25, -0.2) is 4.98 Å². The first-order valence-electron chi connectivity index (χ1n) is 9.05. The van der Waals surface area contributed by atoms with Gasteiger partial charge in [0.1, 0.15) is 5.75 Å². The number of aromatic nitrogens is 1. The first-order chi connectivity index (χ1) is 12.6. The number of anilines is 1. The number of fused-ring (bicyclic) bond motifs is 5. The first-order valence-corrected chi connectivity index (χ1v) is 9.05. The Morgan fingerprint density at radius 1 is 1.15 bits per heavy atom. The molecular formula is C22H22N2O2. The van der Waals surface area contributed by atoms with Crippen LogP contribution in [0.3, 0.4) is 0 Å². The van der Waals surface area contributed by atoms with Crippen LogP contribution in [-0.4, -0.2) is 18.7 Å². The monoisotopic (exact) mass is 346 g/mol. The summed E-state index contributed by atoms with van der Waals surface area (Å²) in [6, 6.07) is 16.9. The van der Waals surface area contributed by atoms with E-state index in [-0.39, 0.29) is 11.5 Å². The van der Waals surface area contributed by atoms with Gasteiger partial charge in [0.05, 0.1) is 25.3 Å². The van der Waals surface area contributed by atoms with E-state index in [0.29, 0.717) is 12.5 Å². The zero-order valence-electron chi connectivity index (χ0n) is 15.2. The highest BCUT2D eigenvalue weighted by Crippen LogP contribution is 2.52. The van der Waals surface area contributed by atoms with E-state index in [4.69, 9.17) is 14.5 Å². The molecule has 4 nitrogen and oxygen atoms in total. The maximum Gasteiger partial charge on any atom is 0.219 e. The number of rotatable bonds is 1. The van der Waals surface area contributed by atoms with Gasteiger partial charge in [0, 0.05) is 28.0 Å². The van der Waals surface area contributed by atoms with Crippen LogP contribution in [0.2, 0.25) is 0 Å². The quantitative estimate of drug-likeness (QED) is 0.694. The minimum absolute atomic E-state index is 0.0386. The van der Waals surface area contributed by atoms with Gasteiger partial charge in [-0.3, -0.25) is 0 Å². The van der Waals surface area contributed by atoms with Crippen LogP contribution in [0.1, 0.15) is 31.0 Å². The summed E-state index contributed by atoms with van der Waals surface area (Å²) in [5.74, 6) is 1.96. The Morgan fingerprint density at radius 3 is 2.85 bits per heavy atom. The largest absolute Gasteiger partial charge is 0.497 e. The fourth-order valence-electron chi connectivity index (χ4n) is 4.41. The number of hydrogen-bond acceptors (Lipinski definition) is 4. The Kier molecular flexibility index (Phi) is 3.20. The maximum absolute atomic E-state index is 6.13. The molecule has 1 aromatic heterocycles. The van der Waals surface area contributed by atoms with Crippen LogP contribution in [-0.2, 0) is 5.41 Å². The normalized spacial score (nSPS) is 22.4. The average Bonchev–Trinajstić information content (AvgIpc) is 2.66. The third-order valence-corrected chi connectivity index (χ3v) is 6.01. The van der Waals surface area contributed by atoms with Gasteiger partial charge < -0.3 is 14.8 Å². The summed E-state index contributed by atoms with van der Waals surface area (Å²) in [7, 11) is 1.71. The SMILES string of the molecule is COc1ccc2c(c1)C(C)(C)[C@@H]1COc3nc4ccccc4cc3[C@@H]1N2. The van der Waals surface area contributed by atoms with Crippen LogP contribution in [0.25, 0.3) is 10.9 Å². The van der Waals surface area contributed by atoms with E-state index in [1.54, 1.807) is 7.11 Å². The number of para-hydroxylation sites is 1. The van der Waals surface area contributed by atoms with Crippen LogP contribution < -0.4 is 14.8 Å². The Balaban J connectivity index is 1.67. The first kappa shape index (κ1) is 15.5. The molecule has 4 heteroatoms. The molecule has 1 N–H and O–H groups in total. The molecule has 0 bridgehead atoms. The molecule has 0 radical (unpaired) electrons. The molecule has 2 atom stereocenters. The molecule has 3 aromatic rings. The van der Waals surface area contributed by atoms with Crippen LogP contribution in [0, 0.1) is 5.92 Å². The summed E-state index contributed by atoms with van der Waals surface area (Å²) in [4.78, 5) is 4.76. The van der Waals surface area contributed by atoms with Gasteiger partial charge in [-0.2, -0.15) is 0 Å². The Morgan fingerprint density at radius 2 is 2.00 bits per heavy atom. The fourth-order valence-corrected chi connectivity index (χ4v) is 4.41. The van der Waals surface area contributed by atoms with E-state index in [1.165, 1.54) is 5.56 Å². The number of benzene rings is 2. The lowest BCUT2D eigenvalue weighted by atomic mass is 9.65. The summed E-state index contributed by atoms with van der Waals surface area (Å²) in [5.41, 5.74) is 4.53. The Hall–Kier alpha value is -2.75. The standard InChI is InChI=1S/C22H22N2O2/c1-22(2)16-11-14(25-3)8-9-19(16)23-20-15-10-13-6-4-5-7-18(13)24-21(15)26-12-17(20)22/h4-11,17,20,23H,12H2,1-3H3/t17-,20+/m1/s1. The topological polar surface area (TPSA) is 43.4 Å². The third kappa shape index (κ3) is 2.11. The van der Waals surface area contributed by atoms with Crippen molar-refractivity contribution in [3.8, 4) is 11.6 Å². The average molecular weight is 346 g/mol. The van der Waals surface area contributed by atoms with Crippen molar-refractivity contribution in [2.24, 2.45) is 5.92 Å². The second-order valence-corrected chi connectivity index (χ2v) is 7.75. The van der Waals surface area contributed by atoms with Gasteiger partial charge in [-0.1, -0.05) is 32.0 Å². The van der Waals surface area contributed by atoms with Crippen molar-refractivity contribution in [1.82, 2.24) is 4.98 Å². The summed E-state index contributed by atoms with van der Waals surface area (Å²) in [6.07, 6.45) is 0. The molecule has 3 heterocycles. The molecule has 0 amide bonds. The minimum atomic E-state index is -0.0386. The second-order valence-electron chi connectivity index (χ2n) is 7.75. The zero-order valence-corrected chi connectivity index (χ0v) is 15.2. The van der Waals surface area contributed by atoms with Crippen molar-refractivity contribution >= 4 is 16.6 Å². The van der Waals surface area contributed by atoms with Gasteiger partial charge in [0.25, 0.3) is 0 Å². The van der Waals surface area contributed by atoms with Gasteiger partial charge in [0.15, 0.2) is 0 Å². The summed E-state index contributed by atoms with van der Waals surface area (Å²) >= 11 is 0. The predicted octanol–water partition coefficient (Wildman–Crippen LogP) is 4.70. The van der Waals surface area contributed by atoms with Crippen LogP contribution in [0.15, 0.2) is 48.5 Å². The van der Waals surface area contributed by atoms with Gasteiger partial charge in [-0.15, -0.1) is 0 Å². The molecule has 0 saturated carbocycles. The molecule has 0 saturated heterocycles. The van der Waals surface area contributed by atoms with Crippen molar-refractivity contribution in [2.75, 3.05) is 19.0 Å². The van der Waals surface area contributed by atoms with Gasteiger partial charge in [-0.05, 0) is 35.9 Å². The van der Waals surface area contributed by atoms with Crippen LogP contribution in [0.5, 0.6) is 11.6 Å². The van der Waals surface area contributed by atoms with E-state index in [0.717, 1.165) is 33.8 Å². The molecular weight excluding hydrogens is 324 g/mol. The van der Waals surface area contributed by atoms with E-state index in [9.17, 15) is 0 Å². The highest BCUT2D eigenvalue weighted by Gasteiger charge is 2.46. The summed E-state index contributed by atoms with van der Waals surface area (Å²) < 4.78 is 11.6. The molecule has 2 aliphatic heterocycles. The summed E-state index contributed by atoms with van der Waals surface area (Å²) in [6.45, 7) is 5.25. The lowest BCUT2D eigenvalue weighted by Crippen LogP contribution is -2.46. The van der Waals surface area contributed by atoms with E-state index in [1.807, 2.05) is 18.2 Å². The van der Waals surface area contributed by atoms with E-state index < -0.39 is 0 Å². The third-order valence-electron chi connectivity index (χ3n) is 6.01. The predicted molar refractivity (Wildman–Crippen MR) is 103 cm³/mol. The molecule has 0 spiro atoms. The van der Waals surface area contributed by atoms with E-state index >= 15 is 0 Å². The van der Waals surface area contributed by atoms with Gasteiger partial charge in [0.2, 0.25) is 5.88 Å². The van der Waals surface area contributed by atoms with Crippen molar-refractivity contribution in [3.63, 3.8) is 0 Å². The number of pyridine rings is 1. The molecule has 0 unspecified atom stereocenters. The number of nitrogens with one attached hydrogen (secondary N) is 1.